The van der Waals surface area contributed by atoms with Crippen LogP contribution in [0.15, 0.2) is 24.3 Å². The molecule has 27 heavy (non-hydrogen) atoms. The Hall–Kier alpha value is -1.79. The fourth-order valence-corrected chi connectivity index (χ4v) is 3.80. The van der Waals surface area contributed by atoms with Crippen molar-refractivity contribution < 1.29 is 19.4 Å². The predicted octanol–water partition coefficient (Wildman–Crippen LogP) is 3.14. The maximum absolute atomic E-state index is 12.1. The summed E-state index contributed by atoms with van der Waals surface area (Å²) in [7, 11) is 5.62. The van der Waals surface area contributed by atoms with Crippen molar-refractivity contribution in [2.75, 3.05) is 27.7 Å². The number of aliphatic hydroxyl groups is 1. The van der Waals surface area contributed by atoms with Crippen LogP contribution in [0.3, 0.4) is 0 Å². The second-order valence-electron chi connectivity index (χ2n) is 8.73. The van der Waals surface area contributed by atoms with E-state index in [2.05, 4.69) is 10.2 Å². The number of ether oxygens (including phenoxy) is 2. The van der Waals surface area contributed by atoms with Crippen molar-refractivity contribution in [1.82, 2.24) is 10.2 Å². The minimum atomic E-state index is -0.953. The van der Waals surface area contributed by atoms with Gasteiger partial charge in [0.25, 0.3) is 0 Å². The number of hydrogen-bond donors (Lipinski definition) is 2. The number of nitrogens with one attached hydrogen (secondary N) is 1. The zero-order valence-electron chi connectivity index (χ0n) is 17.4. The molecule has 0 heterocycles. The van der Waals surface area contributed by atoms with Gasteiger partial charge in [0.15, 0.2) is 0 Å². The lowest BCUT2D eigenvalue weighted by Gasteiger charge is -2.44. The van der Waals surface area contributed by atoms with E-state index in [1.807, 2.05) is 59.1 Å². The number of amides is 1. The van der Waals surface area contributed by atoms with Crippen molar-refractivity contribution in [3.8, 4) is 5.75 Å². The van der Waals surface area contributed by atoms with E-state index in [-0.39, 0.29) is 12.0 Å². The molecule has 0 spiro atoms. The van der Waals surface area contributed by atoms with Gasteiger partial charge < -0.3 is 24.8 Å². The van der Waals surface area contributed by atoms with E-state index in [4.69, 9.17) is 9.47 Å². The van der Waals surface area contributed by atoms with E-state index in [1.165, 1.54) is 0 Å². The number of carbonyl (C=O) groups excluding carboxylic acids is 1. The molecule has 1 fully saturated rings. The largest absolute Gasteiger partial charge is 0.497 e. The first kappa shape index (κ1) is 21.5. The summed E-state index contributed by atoms with van der Waals surface area (Å²) in [4.78, 5) is 14.2. The number of alkyl carbamates (subject to hydrolysis) is 1. The maximum atomic E-state index is 12.1. The molecule has 0 aliphatic heterocycles. The summed E-state index contributed by atoms with van der Waals surface area (Å²) >= 11 is 0. The zero-order valence-corrected chi connectivity index (χ0v) is 17.4. The van der Waals surface area contributed by atoms with Crippen LogP contribution in [0.25, 0.3) is 0 Å². The second kappa shape index (κ2) is 8.48. The molecule has 2 rings (SSSR count). The highest BCUT2D eigenvalue weighted by molar-refractivity contribution is 5.68. The first-order chi connectivity index (χ1) is 12.5. The Morgan fingerprint density at radius 3 is 2.67 bits per heavy atom. The normalized spacial score (nSPS) is 25.9. The van der Waals surface area contributed by atoms with Gasteiger partial charge in [-0.3, -0.25) is 0 Å². The van der Waals surface area contributed by atoms with Crippen molar-refractivity contribution in [2.24, 2.45) is 5.92 Å². The Balaban J connectivity index is 2.17. The summed E-state index contributed by atoms with van der Waals surface area (Å²) in [6.45, 7) is 6.28. The van der Waals surface area contributed by atoms with Crippen LogP contribution in [0.2, 0.25) is 0 Å². The van der Waals surface area contributed by atoms with E-state index >= 15 is 0 Å². The first-order valence-electron chi connectivity index (χ1n) is 9.54. The quantitative estimate of drug-likeness (QED) is 0.824. The van der Waals surface area contributed by atoms with Crippen molar-refractivity contribution >= 4 is 6.09 Å². The standard InChI is InChI=1S/C21H34N2O4/c1-20(2,3)27-19(24)22-17-10-11-21(25,16(12-17)14-23(4)5)15-8-7-9-18(13-15)26-6/h7-9,13,16-17,25H,10-12,14H2,1-6H3,(H,22,24). The number of carbonyl (C=O) groups is 1. The molecule has 0 aromatic heterocycles. The maximum Gasteiger partial charge on any atom is 0.407 e. The summed E-state index contributed by atoms with van der Waals surface area (Å²) in [5, 5.41) is 14.6. The minimum Gasteiger partial charge on any atom is -0.497 e. The van der Waals surface area contributed by atoms with Crippen molar-refractivity contribution in [2.45, 2.75) is 57.3 Å². The van der Waals surface area contributed by atoms with E-state index in [0.29, 0.717) is 19.3 Å². The van der Waals surface area contributed by atoms with Crippen LogP contribution < -0.4 is 10.1 Å². The third kappa shape index (κ3) is 5.84. The summed E-state index contributed by atoms with van der Waals surface area (Å²) in [5.41, 5.74) is -0.613. The van der Waals surface area contributed by atoms with Gasteiger partial charge in [0.05, 0.1) is 12.7 Å². The molecule has 6 heteroatoms. The molecule has 3 unspecified atom stereocenters. The molecule has 1 aromatic rings. The second-order valence-corrected chi connectivity index (χ2v) is 8.73. The lowest BCUT2D eigenvalue weighted by Crippen LogP contribution is -2.51. The van der Waals surface area contributed by atoms with E-state index in [1.54, 1.807) is 7.11 Å². The fraction of sp³-hybridized carbons (Fsp3) is 0.667. The van der Waals surface area contributed by atoms with Crippen LogP contribution in [-0.2, 0) is 10.3 Å². The Bertz CT molecular complexity index is 641. The lowest BCUT2D eigenvalue weighted by molar-refractivity contribution is -0.0697. The molecule has 0 saturated heterocycles. The predicted molar refractivity (Wildman–Crippen MR) is 106 cm³/mol. The topological polar surface area (TPSA) is 71.0 Å². The third-order valence-electron chi connectivity index (χ3n) is 4.99. The highest BCUT2D eigenvalue weighted by Gasteiger charge is 2.44. The first-order valence-corrected chi connectivity index (χ1v) is 9.54. The molecule has 6 nitrogen and oxygen atoms in total. The van der Waals surface area contributed by atoms with Crippen LogP contribution in [0.5, 0.6) is 5.75 Å². The van der Waals surface area contributed by atoms with Crippen LogP contribution >= 0.6 is 0 Å². The Kier molecular flexibility index (Phi) is 6.76. The molecule has 3 atom stereocenters. The SMILES string of the molecule is COc1cccc(C2(O)CCC(NC(=O)OC(C)(C)C)CC2CN(C)C)c1. The highest BCUT2D eigenvalue weighted by atomic mass is 16.6. The van der Waals surface area contributed by atoms with Crippen molar-refractivity contribution in [1.29, 1.82) is 0 Å². The molecule has 1 amide bonds. The molecule has 0 radical (unpaired) electrons. The van der Waals surface area contributed by atoms with Crippen LogP contribution in [0.1, 0.15) is 45.6 Å². The van der Waals surface area contributed by atoms with Crippen molar-refractivity contribution in [3.05, 3.63) is 29.8 Å². The van der Waals surface area contributed by atoms with Crippen molar-refractivity contribution in [3.63, 3.8) is 0 Å². The van der Waals surface area contributed by atoms with E-state index in [0.717, 1.165) is 17.9 Å². The minimum absolute atomic E-state index is 0.0179. The number of benzene rings is 1. The molecular formula is C21H34N2O4. The Labute approximate surface area is 162 Å². The van der Waals surface area contributed by atoms with Gasteiger partial charge in [-0.2, -0.15) is 0 Å². The summed E-state index contributed by atoms with van der Waals surface area (Å²) in [6.07, 6.45) is 1.55. The molecule has 1 aromatic carbocycles. The molecule has 1 saturated carbocycles. The van der Waals surface area contributed by atoms with Gasteiger partial charge in [-0.15, -0.1) is 0 Å². The smallest absolute Gasteiger partial charge is 0.407 e. The number of hydrogen-bond acceptors (Lipinski definition) is 5. The average Bonchev–Trinajstić information content (AvgIpc) is 2.56. The molecule has 152 valence electrons. The van der Waals surface area contributed by atoms with Gasteiger partial charge in [0, 0.05) is 18.5 Å². The molecule has 1 aliphatic rings. The van der Waals surface area contributed by atoms with Gasteiger partial charge >= 0.3 is 6.09 Å². The Morgan fingerprint density at radius 1 is 1.37 bits per heavy atom. The lowest BCUT2D eigenvalue weighted by atomic mass is 9.69. The summed E-state index contributed by atoms with van der Waals surface area (Å²) < 4.78 is 10.7. The average molecular weight is 379 g/mol. The van der Waals surface area contributed by atoms with E-state index < -0.39 is 17.3 Å². The third-order valence-corrected chi connectivity index (χ3v) is 4.99. The van der Waals surface area contributed by atoms with Gasteiger partial charge in [-0.1, -0.05) is 12.1 Å². The van der Waals surface area contributed by atoms with Crippen LogP contribution in [0.4, 0.5) is 4.79 Å². The zero-order chi connectivity index (χ0) is 20.2. The molecular weight excluding hydrogens is 344 g/mol. The number of rotatable bonds is 5. The molecule has 0 bridgehead atoms. The van der Waals surface area contributed by atoms with Gasteiger partial charge in [0.2, 0.25) is 0 Å². The highest BCUT2D eigenvalue weighted by Crippen LogP contribution is 2.43. The fourth-order valence-electron chi connectivity index (χ4n) is 3.80. The molecule has 2 N–H and O–H groups in total. The van der Waals surface area contributed by atoms with Crippen LogP contribution in [0, 0.1) is 5.92 Å². The number of nitrogens with zero attached hydrogens (tertiary/aromatic N) is 1. The van der Waals surface area contributed by atoms with E-state index in [9.17, 15) is 9.90 Å². The molecule has 1 aliphatic carbocycles. The van der Waals surface area contributed by atoms with Gasteiger partial charge in [0.1, 0.15) is 11.4 Å². The van der Waals surface area contributed by atoms with Gasteiger partial charge in [-0.25, -0.2) is 4.79 Å². The number of methoxy groups -OCH3 is 1. The van der Waals surface area contributed by atoms with Gasteiger partial charge in [-0.05, 0) is 71.8 Å². The van der Waals surface area contributed by atoms with Crippen LogP contribution in [-0.4, -0.2) is 55.5 Å². The Morgan fingerprint density at radius 2 is 2.07 bits per heavy atom. The summed E-state index contributed by atoms with van der Waals surface area (Å²) in [6, 6.07) is 7.63. The summed E-state index contributed by atoms with van der Waals surface area (Å²) in [5.74, 6) is 0.715. The monoisotopic (exact) mass is 378 g/mol.